The van der Waals surface area contributed by atoms with E-state index >= 15 is 0 Å². The van der Waals surface area contributed by atoms with Crippen LogP contribution >= 0.6 is 0 Å². The second kappa shape index (κ2) is 11.9. The molecular formula is C23H28N6O5. The summed E-state index contributed by atoms with van der Waals surface area (Å²) in [5.74, 6) is -2.05. The molecule has 1 atom stereocenters. The Balaban J connectivity index is 1.45. The molecular weight excluding hydrogens is 440 g/mol. The highest BCUT2D eigenvalue weighted by atomic mass is 16.2. The van der Waals surface area contributed by atoms with Gasteiger partial charge in [0.25, 0.3) is 11.8 Å². The quantitative estimate of drug-likeness (QED) is 0.158. The summed E-state index contributed by atoms with van der Waals surface area (Å²) in [5.41, 5.74) is 9.63. The zero-order chi connectivity index (χ0) is 24.5. The first kappa shape index (κ1) is 24.9. The summed E-state index contributed by atoms with van der Waals surface area (Å²) in [6, 6.07) is 4.20. The van der Waals surface area contributed by atoms with Gasteiger partial charge in [0.2, 0.25) is 17.7 Å². The summed E-state index contributed by atoms with van der Waals surface area (Å²) in [7, 11) is 0. The van der Waals surface area contributed by atoms with E-state index in [1.807, 2.05) is 6.07 Å². The van der Waals surface area contributed by atoms with Crippen molar-refractivity contribution in [3.8, 4) is 0 Å². The maximum Gasteiger partial charge on any atom is 0.262 e. The number of carbonyl (C=O) groups is 5. The second-order valence-electron chi connectivity index (χ2n) is 8.36. The molecule has 2 aliphatic rings. The molecule has 0 radical (unpaired) electrons. The molecule has 1 saturated heterocycles. The van der Waals surface area contributed by atoms with Gasteiger partial charge in [-0.1, -0.05) is 30.1 Å². The number of azide groups is 1. The highest BCUT2D eigenvalue weighted by Crippen LogP contribution is 2.30. The van der Waals surface area contributed by atoms with E-state index in [-0.39, 0.29) is 18.7 Å². The van der Waals surface area contributed by atoms with Crippen molar-refractivity contribution in [2.24, 2.45) is 5.11 Å². The third-order valence-corrected chi connectivity index (χ3v) is 5.97. The molecule has 0 spiro atoms. The van der Waals surface area contributed by atoms with Gasteiger partial charge >= 0.3 is 0 Å². The fourth-order valence-corrected chi connectivity index (χ4v) is 4.26. The average molecular weight is 469 g/mol. The fraction of sp³-hybridized carbons (Fsp3) is 0.522. The zero-order valence-corrected chi connectivity index (χ0v) is 18.9. The van der Waals surface area contributed by atoms with Gasteiger partial charge in [-0.25, -0.2) is 0 Å². The largest absolute Gasteiger partial charge is 0.356 e. The van der Waals surface area contributed by atoms with Crippen molar-refractivity contribution in [1.29, 1.82) is 0 Å². The van der Waals surface area contributed by atoms with Crippen LogP contribution in [-0.2, 0) is 20.8 Å². The molecule has 2 heterocycles. The molecule has 11 heteroatoms. The number of piperidine rings is 1. The lowest BCUT2D eigenvalue weighted by Crippen LogP contribution is -2.54. The molecule has 5 amide bonds. The Kier molecular flexibility index (Phi) is 8.75. The first-order chi connectivity index (χ1) is 16.4. The molecule has 34 heavy (non-hydrogen) atoms. The number of rotatable bonds is 12. The van der Waals surface area contributed by atoms with Gasteiger partial charge in [0.15, 0.2) is 0 Å². The molecule has 180 valence electrons. The van der Waals surface area contributed by atoms with E-state index in [0.717, 1.165) is 36.1 Å². The Bertz CT molecular complexity index is 1030. The van der Waals surface area contributed by atoms with Crippen LogP contribution in [0.4, 0.5) is 0 Å². The summed E-state index contributed by atoms with van der Waals surface area (Å²) in [6.07, 6.45) is 5.16. The van der Waals surface area contributed by atoms with E-state index in [4.69, 9.17) is 5.53 Å². The fourth-order valence-electron chi connectivity index (χ4n) is 4.26. The Labute approximate surface area is 196 Å². The number of fused-ring (bicyclic) bond motifs is 1. The number of hydrogen-bond acceptors (Lipinski definition) is 6. The van der Waals surface area contributed by atoms with Crippen molar-refractivity contribution < 1.29 is 24.0 Å². The van der Waals surface area contributed by atoms with Gasteiger partial charge in [-0.05, 0) is 49.3 Å². The van der Waals surface area contributed by atoms with Crippen molar-refractivity contribution in [3.63, 3.8) is 0 Å². The summed E-state index contributed by atoms with van der Waals surface area (Å²) in [5, 5.41) is 8.43. The van der Waals surface area contributed by atoms with Crippen LogP contribution in [0.1, 0.15) is 77.6 Å². The number of imide groups is 2. The van der Waals surface area contributed by atoms with Crippen LogP contribution in [0.3, 0.4) is 0 Å². The van der Waals surface area contributed by atoms with Crippen LogP contribution in [0.2, 0.25) is 0 Å². The lowest BCUT2D eigenvalue weighted by atomic mass is 9.97. The molecule has 11 nitrogen and oxygen atoms in total. The molecule has 1 fully saturated rings. The van der Waals surface area contributed by atoms with Crippen LogP contribution < -0.4 is 10.6 Å². The molecule has 2 N–H and O–H groups in total. The van der Waals surface area contributed by atoms with Crippen molar-refractivity contribution in [1.82, 2.24) is 15.5 Å². The van der Waals surface area contributed by atoms with Gasteiger partial charge in [0, 0.05) is 30.8 Å². The summed E-state index contributed by atoms with van der Waals surface area (Å²) < 4.78 is 0. The van der Waals surface area contributed by atoms with Gasteiger partial charge < -0.3 is 5.32 Å². The molecule has 0 saturated carbocycles. The monoisotopic (exact) mass is 468 g/mol. The second-order valence-corrected chi connectivity index (χ2v) is 8.36. The molecule has 1 unspecified atom stereocenters. The Morgan fingerprint density at radius 1 is 1.12 bits per heavy atom. The standard InChI is InChI=1S/C23H28N6O5/c24-28-26-14-6-10-18(30)25-13-4-2-1-3-7-15-8-5-9-16-20(15)23(34)29(22(16)33)17-11-12-19(31)27-21(17)32/h5,8-9,17H,1-4,6-7,10-14H2,(H,25,30)(H,27,31,32). The number of carbonyl (C=O) groups excluding carboxylic acids is 5. The van der Waals surface area contributed by atoms with E-state index in [1.54, 1.807) is 12.1 Å². The van der Waals surface area contributed by atoms with Crippen LogP contribution in [0.25, 0.3) is 10.4 Å². The van der Waals surface area contributed by atoms with Gasteiger partial charge in [0.1, 0.15) is 6.04 Å². The number of nitrogens with one attached hydrogen (secondary N) is 2. The van der Waals surface area contributed by atoms with Gasteiger partial charge in [-0.3, -0.25) is 34.2 Å². The first-order valence-corrected chi connectivity index (χ1v) is 11.5. The minimum absolute atomic E-state index is 0.0586. The topological polar surface area (TPSA) is 161 Å². The highest BCUT2D eigenvalue weighted by Gasteiger charge is 2.45. The molecule has 0 aromatic heterocycles. The van der Waals surface area contributed by atoms with Crippen LogP contribution in [0.5, 0.6) is 0 Å². The van der Waals surface area contributed by atoms with Gasteiger partial charge in [-0.2, -0.15) is 0 Å². The Morgan fingerprint density at radius 2 is 1.91 bits per heavy atom. The molecule has 2 aliphatic heterocycles. The van der Waals surface area contributed by atoms with Crippen LogP contribution in [0, 0.1) is 0 Å². The van der Waals surface area contributed by atoms with E-state index in [9.17, 15) is 24.0 Å². The molecule has 3 rings (SSSR count). The van der Waals surface area contributed by atoms with E-state index in [2.05, 4.69) is 20.7 Å². The van der Waals surface area contributed by atoms with E-state index in [0.29, 0.717) is 43.5 Å². The minimum Gasteiger partial charge on any atom is -0.356 e. The number of amides is 5. The van der Waals surface area contributed by atoms with Crippen molar-refractivity contribution in [2.75, 3.05) is 13.1 Å². The van der Waals surface area contributed by atoms with Crippen molar-refractivity contribution in [3.05, 3.63) is 45.3 Å². The van der Waals surface area contributed by atoms with Crippen molar-refractivity contribution >= 4 is 29.5 Å². The number of nitrogens with zero attached hydrogens (tertiary/aromatic N) is 4. The third-order valence-electron chi connectivity index (χ3n) is 5.97. The van der Waals surface area contributed by atoms with Crippen LogP contribution in [0.15, 0.2) is 23.3 Å². The van der Waals surface area contributed by atoms with E-state index < -0.39 is 29.7 Å². The summed E-state index contributed by atoms with van der Waals surface area (Å²) in [6.45, 7) is 0.890. The number of aryl methyl sites for hydroxylation is 1. The zero-order valence-electron chi connectivity index (χ0n) is 18.9. The minimum atomic E-state index is -0.966. The average Bonchev–Trinajstić information content (AvgIpc) is 3.07. The SMILES string of the molecule is [N-]=[N+]=NCCCC(=O)NCCCCCCc1cccc2c1C(=O)N(C1CCC(=O)NC1=O)C2=O. The third kappa shape index (κ3) is 5.99. The normalized spacial score (nSPS) is 17.3. The molecule has 0 bridgehead atoms. The lowest BCUT2D eigenvalue weighted by molar-refractivity contribution is -0.136. The predicted molar refractivity (Wildman–Crippen MR) is 122 cm³/mol. The summed E-state index contributed by atoms with van der Waals surface area (Å²) in [4.78, 5) is 64.9. The highest BCUT2D eigenvalue weighted by molar-refractivity contribution is 6.24. The van der Waals surface area contributed by atoms with Crippen molar-refractivity contribution in [2.45, 2.75) is 63.8 Å². The smallest absolute Gasteiger partial charge is 0.262 e. The van der Waals surface area contributed by atoms with Gasteiger partial charge in [-0.15, -0.1) is 0 Å². The predicted octanol–water partition coefficient (Wildman–Crippen LogP) is 2.40. The number of benzene rings is 1. The van der Waals surface area contributed by atoms with Crippen LogP contribution in [-0.4, -0.2) is 53.6 Å². The Morgan fingerprint density at radius 3 is 2.68 bits per heavy atom. The Hall–Kier alpha value is -3.72. The number of hydrogen-bond donors (Lipinski definition) is 2. The molecule has 1 aromatic rings. The van der Waals surface area contributed by atoms with Gasteiger partial charge in [0.05, 0.1) is 11.1 Å². The van der Waals surface area contributed by atoms with E-state index in [1.165, 1.54) is 0 Å². The molecule has 0 aliphatic carbocycles. The maximum atomic E-state index is 13.1. The summed E-state index contributed by atoms with van der Waals surface area (Å²) >= 11 is 0. The first-order valence-electron chi connectivity index (χ1n) is 11.5. The molecule has 1 aromatic carbocycles. The lowest BCUT2D eigenvalue weighted by Gasteiger charge is -2.27. The maximum absolute atomic E-state index is 13.1. The number of unbranched alkanes of at least 4 members (excludes halogenated alkanes) is 3.